The van der Waals surface area contributed by atoms with Crippen LogP contribution in [0.1, 0.15) is 58.1 Å². The number of benzene rings is 1. The zero-order valence-corrected chi connectivity index (χ0v) is 17.3. The lowest BCUT2D eigenvalue weighted by Crippen LogP contribution is -2.35. The van der Waals surface area contributed by atoms with Crippen LogP contribution in [0.5, 0.6) is 0 Å². The zero-order valence-electron chi connectivity index (χ0n) is 16.5. The Morgan fingerprint density at radius 1 is 1.10 bits per heavy atom. The van der Waals surface area contributed by atoms with Gasteiger partial charge in [0.25, 0.3) is 11.8 Å². The van der Waals surface area contributed by atoms with Gasteiger partial charge in [-0.3, -0.25) is 9.59 Å². The van der Waals surface area contributed by atoms with Crippen molar-refractivity contribution in [1.82, 2.24) is 20.4 Å². The summed E-state index contributed by atoms with van der Waals surface area (Å²) in [6.45, 7) is 1.49. The molecule has 0 bridgehead atoms. The van der Waals surface area contributed by atoms with Gasteiger partial charge >= 0.3 is 0 Å². The van der Waals surface area contributed by atoms with Crippen molar-refractivity contribution in [1.29, 1.82) is 0 Å². The highest BCUT2D eigenvalue weighted by Gasteiger charge is 2.19. The molecule has 0 aliphatic heterocycles. The number of aromatic nitrogens is 2. The van der Waals surface area contributed by atoms with Gasteiger partial charge in [-0.25, -0.2) is 4.39 Å². The molecule has 1 aromatic heterocycles. The molecule has 2 N–H and O–H groups in total. The number of hydrogen-bond acceptors (Lipinski definition) is 6. The summed E-state index contributed by atoms with van der Waals surface area (Å²) in [5.41, 5.74) is 0.444. The minimum atomic E-state index is -0.484. The van der Waals surface area contributed by atoms with Gasteiger partial charge in [-0.1, -0.05) is 30.6 Å². The predicted octanol–water partition coefficient (Wildman–Crippen LogP) is 3.31. The van der Waals surface area contributed by atoms with Crippen LogP contribution in [0.2, 0.25) is 0 Å². The van der Waals surface area contributed by atoms with E-state index in [1.54, 1.807) is 0 Å². The monoisotopic (exact) mass is 419 g/mol. The number of hydrogen-bond donors (Lipinski definition) is 2. The van der Waals surface area contributed by atoms with Gasteiger partial charge in [0.05, 0.1) is 0 Å². The van der Waals surface area contributed by atoms with E-state index < -0.39 is 5.91 Å². The molecule has 156 valence electrons. The van der Waals surface area contributed by atoms with Gasteiger partial charge in [0.2, 0.25) is 10.0 Å². The minimum absolute atomic E-state index is 0.0801. The highest BCUT2D eigenvalue weighted by Crippen LogP contribution is 2.21. The minimum Gasteiger partial charge on any atom is -0.350 e. The number of anilines is 1. The van der Waals surface area contributed by atoms with E-state index in [9.17, 15) is 14.0 Å². The van der Waals surface area contributed by atoms with Crippen LogP contribution in [0.4, 0.5) is 10.1 Å². The lowest BCUT2D eigenvalue weighted by atomic mass is 9.94. The van der Waals surface area contributed by atoms with Crippen molar-refractivity contribution < 1.29 is 14.0 Å². The van der Waals surface area contributed by atoms with E-state index in [-0.39, 0.29) is 21.7 Å². The van der Waals surface area contributed by atoms with Gasteiger partial charge in [-0.05, 0) is 57.1 Å². The van der Waals surface area contributed by atoms with Gasteiger partial charge in [-0.2, -0.15) is 0 Å². The van der Waals surface area contributed by atoms with Gasteiger partial charge < -0.3 is 15.5 Å². The molecule has 0 spiro atoms. The summed E-state index contributed by atoms with van der Waals surface area (Å²) in [4.78, 5) is 26.8. The Bertz CT molecular complexity index is 821. The highest BCUT2D eigenvalue weighted by atomic mass is 32.1. The molecule has 9 heteroatoms. The lowest BCUT2D eigenvalue weighted by Gasteiger charge is -2.31. The second-order valence-electron chi connectivity index (χ2n) is 7.26. The second-order valence-corrected chi connectivity index (χ2v) is 8.23. The van der Waals surface area contributed by atoms with Crippen molar-refractivity contribution in [3.63, 3.8) is 0 Å². The first-order valence-corrected chi connectivity index (χ1v) is 10.7. The van der Waals surface area contributed by atoms with Crippen LogP contribution in [0.3, 0.4) is 0 Å². The number of carbonyl (C=O) groups excluding carboxylic acids is 2. The Balaban J connectivity index is 1.41. The first-order chi connectivity index (χ1) is 14.0. The molecular formula is C20H26FN5O2S. The van der Waals surface area contributed by atoms with Crippen molar-refractivity contribution in [3.05, 3.63) is 40.1 Å². The summed E-state index contributed by atoms with van der Waals surface area (Å²) >= 11 is 0.928. The fraction of sp³-hybridized carbons (Fsp3) is 0.500. The van der Waals surface area contributed by atoms with E-state index in [1.165, 1.54) is 56.4 Å². The molecule has 2 amide bonds. The molecule has 1 aliphatic carbocycles. The first-order valence-electron chi connectivity index (χ1n) is 9.92. The van der Waals surface area contributed by atoms with Crippen molar-refractivity contribution in [2.75, 3.05) is 25.5 Å². The number of rotatable bonds is 8. The number of halogens is 1. The summed E-state index contributed by atoms with van der Waals surface area (Å²) in [5.74, 6) is -1.20. The van der Waals surface area contributed by atoms with Crippen LogP contribution in [-0.4, -0.2) is 53.1 Å². The van der Waals surface area contributed by atoms with Crippen LogP contribution < -0.4 is 10.6 Å². The molecule has 1 heterocycles. The van der Waals surface area contributed by atoms with Gasteiger partial charge in [0, 0.05) is 18.3 Å². The third-order valence-corrected chi connectivity index (χ3v) is 6.01. The van der Waals surface area contributed by atoms with E-state index in [2.05, 4.69) is 32.8 Å². The van der Waals surface area contributed by atoms with Crippen molar-refractivity contribution in [2.45, 2.75) is 44.6 Å². The van der Waals surface area contributed by atoms with Crippen molar-refractivity contribution in [3.8, 4) is 0 Å². The molecule has 7 nitrogen and oxygen atoms in total. The third kappa shape index (κ3) is 6.30. The fourth-order valence-corrected chi connectivity index (χ4v) is 4.09. The molecule has 2 aromatic rings. The van der Waals surface area contributed by atoms with Crippen LogP contribution >= 0.6 is 11.3 Å². The standard InChI is InChI=1S/C20H26FN5O2S/c1-26(16-6-3-2-4-7-16)13-5-12-22-17(27)19-24-25-20(29-19)18(28)23-15-10-8-14(21)9-11-15/h8-11,16H,2-7,12-13H2,1H3,(H,22,27)(H,23,28). The zero-order chi connectivity index (χ0) is 20.6. The summed E-state index contributed by atoms with van der Waals surface area (Å²) in [6.07, 6.45) is 7.33. The molecule has 29 heavy (non-hydrogen) atoms. The van der Waals surface area contributed by atoms with E-state index in [1.807, 2.05) is 0 Å². The quantitative estimate of drug-likeness (QED) is 0.641. The number of carbonyl (C=O) groups is 2. The Kier molecular flexibility index (Phi) is 7.65. The molecule has 0 atom stereocenters. The Morgan fingerprint density at radius 2 is 1.76 bits per heavy atom. The van der Waals surface area contributed by atoms with E-state index >= 15 is 0 Å². The highest BCUT2D eigenvalue weighted by molar-refractivity contribution is 7.15. The lowest BCUT2D eigenvalue weighted by molar-refractivity contribution is 0.0948. The Hall–Kier alpha value is -2.39. The number of nitrogens with zero attached hydrogens (tertiary/aromatic N) is 3. The maximum Gasteiger partial charge on any atom is 0.286 e. The van der Waals surface area contributed by atoms with E-state index in [0.717, 1.165) is 24.3 Å². The van der Waals surface area contributed by atoms with Crippen molar-refractivity contribution in [2.24, 2.45) is 0 Å². The smallest absolute Gasteiger partial charge is 0.286 e. The topological polar surface area (TPSA) is 87.2 Å². The van der Waals surface area contributed by atoms with Gasteiger partial charge in [0.1, 0.15) is 5.82 Å². The van der Waals surface area contributed by atoms with Gasteiger partial charge in [0.15, 0.2) is 0 Å². The molecule has 1 saturated carbocycles. The molecular weight excluding hydrogens is 393 g/mol. The molecule has 1 aliphatic rings. The van der Waals surface area contributed by atoms with E-state index in [4.69, 9.17) is 0 Å². The van der Waals surface area contributed by atoms with Crippen molar-refractivity contribution >= 4 is 28.8 Å². The maximum absolute atomic E-state index is 12.9. The van der Waals surface area contributed by atoms with Crippen LogP contribution in [0.15, 0.2) is 24.3 Å². The third-order valence-electron chi connectivity index (χ3n) is 5.09. The first kappa shape index (κ1) is 21.3. The molecule has 0 radical (unpaired) electrons. The van der Waals surface area contributed by atoms with Crippen LogP contribution in [0, 0.1) is 5.82 Å². The second kappa shape index (κ2) is 10.4. The Morgan fingerprint density at radius 3 is 2.45 bits per heavy atom. The van der Waals surface area contributed by atoms with Gasteiger partial charge in [-0.15, -0.1) is 10.2 Å². The summed E-state index contributed by atoms with van der Waals surface area (Å²) < 4.78 is 12.9. The molecule has 3 rings (SSSR count). The summed E-state index contributed by atoms with van der Waals surface area (Å²) in [5, 5.41) is 13.2. The molecule has 0 saturated heterocycles. The largest absolute Gasteiger partial charge is 0.350 e. The SMILES string of the molecule is CN(CCCNC(=O)c1nnc(C(=O)Nc2ccc(F)cc2)s1)C1CCCCC1. The number of amides is 2. The van der Waals surface area contributed by atoms with Crippen LogP contribution in [0.25, 0.3) is 0 Å². The average Bonchev–Trinajstić information content (AvgIpc) is 3.24. The normalized spacial score (nSPS) is 14.7. The summed E-state index contributed by atoms with van der Waals surface area (Å²) in [7, 11) is 2.15. The van der Waals surface area contributed by atoms with E-state index in [0.29, 0.717) is 18.3 Å². The maximum atomic E-state index is 12.9. The average molecular weight is 420 g/mol. The predicted molar refractivity (Wildman–Crippen MR) is 111 cm³/mol. The molecule has 1 aromatic carbocycles. The Labute approximate surface area is 173 Å². The summed E-state index contributed by atoms with van der Waals surface area (Å²) in [6, 6.07) is 6.06. The van der Waals surface area contributed by atoms with Crippen LogP contribution in [-0.2, 0) is 0 Å². The number of nitrogens with one attached hydrogen (secondary N) is 2. The molecule has 0 unspecified atom stereocenters. The fourth-order valence-electron chi connectivity index (χ4n) is 3.43. The molecule has 1 fully saturated rings.